The number of hydrogen-bond acceptors (Lipinski definition) is 5. The predicted molar refractivity (Wildman–Crippen MR) is 88.7 cm³/mol. The van der Waals surface area contributed by atoms with E-state index in [1.807, 2.05) is 37.8 Å². The highest BCUT2D eigenvalue weighted by molar-refractivity contribution is 7.13. The molecule has 0 radical (unpaired) electrons. The van der Waals surface area contributed by atoms with Crippen molar-refractivity contribution in [3.05, 3.63) is 39.5 Å². The predicted octanol–water partition coefficient (Wildman–Crippen LogP) is 2.43. The quantitative estimate of drug-likeness (QED) is 0.854. The lowest BCUT2D eigenvalue weighted by atomic mass is 10.2. The Labute approximate surface area is 134 Å². The number of nitrogens with zero attached hydrogens (tertiary/aromatic N) is 4. The molecule has 0 unspecified atom stereocenters. The normalized spacial score (nSPS) is 15.2. The maximum atomic E-state index is 12.5. The SMILES string of the molecule is Cc1cnc(C)c(N2CCN(C(=O)c3ccc(C)s3)CC2)n1. The van der Waals surface area contributed by atoms with E-state index < -0.39 is 0 Å². The van der Waals surface area contributed by atoms with Crippen LogP contribution in [0.5, 0.6) is 0 Å². The monoisotopic (exact) mass is 316 g/mol. The Kier molecular flexibility index (Phi) is 4.11. The summed E-state index contributed by atoms with van der Waals surface area (Å²) < 4.78 is 0. The van der Waals surface area contributed by atoms with Gasteiger partial charge in [-0.1, -0.05) is 0 Å². The number of carbonyl (C=O) groups excluding carboxylic acids is 1. The fourth-order valence-corrected chi connectivity index (χ4v) is 3.49. The molecule has 1 fully saturated rings. The summed E-state index contributed by atoms with van der Waals surface area (Å²) >= 11 is 1.56. The summed E-state index contributed by atoms with van der Waals surface area (Å²) in [5.74, 6) is 1.09. The van der Waals surface area contributed by atoms with Gasteiger partial charge in [0.15, 0.2) is 0 Å². The molecule has 0 atom stereocenters. The van der Waals surface area contributed by atoms with Crippen molar-refractivity contribution in [2.45, 2.75) is 20.8 Å². The fourth-order valence-electron chi connectivity index (χ4n) is 2.65. The average Bonchev–Trinajstić information content (AvgIpc) is 2.96. The molecule has 6 heteroatoms. The van der Waals surface area contributed by atoms with E-state index in [-0.39, 0.29) is 5.91 Å². The number of hydrogen-bond donors (Lipinski definition) is 0. The van der Waals surface area contributed by atoms with Crippen molar-refractivity contribution in [2.24, 2.45) is 0 Å². The largest absolute Gasteiger partial charge is 0.352 e. The molecule has 22 heavy (non-hydrogen) atoms. The first-order chi connectivity index (χ1) is 10.5. The minimum atomic E-state index is 0.143. The topological polar surface area (TPSA) is 49.3 Å². The zero-order valence-corrected chi connectivity index (χ0v) is 14.0. The van der Waals surface area contributed by atoms with Crippen LogP contribution in [0.15, 0.2) is 18.3 Å². The van der Waals surface area contributed by atoms with Crippen LogP contribution in [0.2, 0.25) is 0 Å². The van der Waals surface area contributed by atoms with E-state index in [4.69, 9.17) is 0 Å². The van der Waals surface area contributed by atoms with Crippen LogP contribution < -0.4 is 4.90 Å². The highest BCUT2D eigenvalue weighted by Crippen LogP contribution is 2.21. The van der Waals surface area contributed by atoms with Gasteiger partial charge in [-0.3, -0.25) is 9.78 Å². The molecule has 2 aromatic heterocycles. The van der Waals surface area contributed by atoms with Gasteiger partial charge in [0.05, 0.1) is 16.3 Å². The van der Waals surface area contributed by atoms with Crippen molar-refractivity contribution >= 4 is 23.1 Å². The number of carbonyl (C=O) groups is 1. The molecule has 1 saturated heterocycles. The third-order valence-electron chi connectivity index (χ3n) is 3.87. The number of rotatable bonds is 2. The number of anilines is 1. The molecule has 1 aliphatic rings. The van der Waals surface area contributed by atoms with Crippen molar-refractivity contribution in [3.8, 4) is 0 Å². The molecule has 0 N–H and O–H groups in total. The van der Waals surface area contributed by atoms with Gasteiger partial charge < -0.3 is 9.80 Å². The Bertz CT molecular complexity index is 689. The zero-order valence-electron chi connectivity index (χ0n) is 13.2. The van der Waals surface area contributed by atoms with Gasteiger partial charge in [-0.25, -0.2) is 4.98 Å². The van der Waals surface area contributed by atoms with Crippen molar-refractivity contribution < 1.29 is 4.79 Å². The van der Waals surface area contributed by atoms with Crippen LogP contribution in [-0.2, 0) is 0 Å². The number of thiophene rings is 1. The molecule has 116 valence electrons. The first-order valence-corrected chi connectivity index (χ1v) is 8.27. The Balaban J connectivity index is 1.67. The summed E-state index contributed by atoms with van der Waals surface area (Å²) in [7, 11) is 0. The number of amides is 1. The van der Waals surface area contributed by atoms with Crippen LogP contribution >= 0.6 is 11.3 Å². The molecule has 0 aromatic carbocycles. The molecule has 3 heterocycles. The summed E-state index contributed by atoms with van der Waals surface area (Å²) in [5.41, 5.74) is 1.87. The lowest BCUT2D eigenvalue weighted by molar-refractivity contribution is 0.0751. The van der Waals surface area contributed by atoms with E-state index in [1.165, 1.54) is 4.88 Å². The smallest absolute Gasteiger partial charge is 0.264 e. The Morgan fingerprint density at radius 2 is 1.86 bits per heavy atom. The second-order valence-corrected chi connectivity index (χ2v) is 6.90. The van der Waals surface area contributed by atoms with E-state index in [2.05, 4.69) is 14.9 Å². The molecule has 1 aliphatic heterocycles. The maximum Gasteiger partial charge on any atom is 0.264 e. The second-order valence-electron chi connectivity index (χ2n) is 5.61. The molecular formula is C16H20N4OS. The van der Waals surface area contributed by atoms with Crippen LogP contribution in [0.4, 0.5) is 5.82 Å². The summed E-state index contributed by atoms with van der Waals surface area (Å²) in [6.07, 6.45) is 1.79. The van der Waals surface area contributed by atoms with Gasteiger partial charge in [-0.15, -0.1) is 11.3 Å². The molecule has 0 bridgehead atoms. The molecule has 2 aromatic rings. The summed E-state index contributed by atoms with van der Waals surface area (Å²) in [4.78, 5) is 27.6. The van der Waals surface area contributed by atoms with Crippen LogP contribution in [-0.4, -0.2) is 47.0 Å². The first kappa shape index (κ1) is 15.0. The minimum absolute atomic E-state index is 0.143. The third-order valence-corrected chi connectivity index (χ3v) is 4.86. The summed E-state index contributed by atoms with van der Waals surface area (Å²) in [6, 6.07) is 3.92. The van der Waals surface area contributed by atoms with Crippen LogP contribution in [0, 0.1) is 20.8 Å². The molecule has 0 saturated carbocycles. The third kappa shape index (κ3) is 2.97. The number of aromatic nitrogens is 2. The van der Waals surface area contributed by atoms with Gasteiger partial charge >= 0.3 is 0 Å². The highest BCUT2D eigenvalue weighted by atomic mass is 32.1. The van der Waals surface area contributed by atoms with E-state index in [1.54, 1.807) is 17.5 Å². The maximum absolute atomic E-state index is 12.5. The van der Waals surface area contributed by atoms with E-state index in [9.17, 15) is 4.79 Å². The first-order valence-electron chi connectivity index (χ1n) is 7.45. The molecule has 0 aliphatic carbocycles. The van der Waals surface area contributed by atoms with Gasteiger partial charge in [0.1, 0.15) is 5.82 Å². The fraction of sp³-hybridized carbons (Fsp3) is 0.438. The highest BCUT2D eigenvalue weighted by Gasteiger charge is 2.24. The van der Waals surface area contributed by atoms with E-state index >= 15 is 0 Å². The van der Waals surface area contributed by atoms with Crippen LogP contribution in [0.25, 0.3) is 0 Å². The zero-order chi connectivity index (χ0) is 15.7. The Morgan fingerprint density at radius 1 is 1.14 bits per heavy atom. The van der Waals surface area contributed by atoms with E-state index in [0.29, 0.717) is 0 Å². The Morgan fingerprint density at radius 3 is 2.50 bits per heavy atom. The lowest BCUT2D eigenvalue weighted by Crippen LogP contribution is -2.49. The minimum Gasteiger partial charge on any atom is -0.352 e. The van der Waals surface area contributed by atoms with Gasteiger partial charge in [-0.2, -0.15) is 0 Å². The van der Waals surface area contributed by atoms with Gasteiger partial charge in [0, 0.05) is 37.3 Å². The van der Waals surface area contributed by atoms with Crippen LogP contribution in [0.1, 0.15) is 25.9 Å². The summed E-state index contributed by atoms with van der Waals surface area (Å²) in [6.45, 7) is 9.01. The van der Waals surface area contributed by atoms with Crippen molar-refractivity contribution in [1.82, 2.24) is 14.9 Å². The van der Waals surface area contributed by atoms with Crippen LogP contribution in [0.3, 0.4) is 0 Å². The van der Waals surface area contributed by atoms with Crippen molar-refractivity contribution in [2.75, 3.05) is 31.1 Å². The average molecular weight is 316 g/mol. The molecule has 0 spiro atoms. The Hall–Kier alpha value is -1.95. The van der Waals surface area contributed by atoms with Crippen molar-refractivity contribution in [1.29, 1.82) is 0 Å². The summed E-state index contributed by atoms with van der Waals surface area (Å²) in [5, 5.41) is 0. The van der Waals surface area contributed by atoms with Crippen molar-refractivity contribution in [3.63, 3.8) is 0 Å². The molecule has 5 nitrogen and oxygen atoms in total. The van der Waals surface area contributed by atoms with Gasteiger partial charge in [0.25, 0.3) is 5.91 Å². The van der Waals surface area contributed by atoms with E-state index in [0.717, 1.165) is 48.3 Å². The molecular weight excluding hydrogens is 296 g/mol. The lowest BCUT2D eigenvalue weighted by Gasteiger charge is -2.35. The van der Waals surface area contributed by atoms with Gasteiger partial charge in [0.2, 0.25) is 0 Å². The van der Waals surface area contributed by atoms with Gasteiger partial charge in [-0.05, 0) is 32.9 Å². The number of aryl methyl sites for hydroxylation is 3. The molecule has 1 amide bonds. The standard InChI is InChI=1S/C16H20N4OS/c1-11-10-17-13(3)15(18-11)19-6-8-20(9-7-19)16(21)14-5-4-12(2)22-14/h4-5,10H,6-9H2,1-3H3. The second kappa shape index (κ2) is 6.04. The molecule has 3 rings (SSSR count). The number of piperazine rings is 1.